The van der Waals surface area contributed by atoms with Crippen LogP contribution in [0, 0.1) is 12.7 Å². The molecule has 0 radical (unpaired) electrons. The molecule has 0 atom stereocenters. The van der Waals surface area contributed by atoms with E-state index >= 15 is 0 Å². The van der Waals surface area contributed by atoms with Crippen molar-refractivity contribution in [3.63, 3.8) is 0 Å². The molecule has 0 aromatic heterocycles. The first-order valence-electron chi connectivity index (χ1n) is 4.95. The molecule has 90 valence electrons. The number of hydrogen-bond donors (Lipinski definition) is 0. The molecule has 0 saturated carbocycles. The highest BCUT2D eigenvalue weighted by Crippen LogP contribution is 2.12. The minimum atomic E-state index is -0.427. The smallest absolute Gasteiger partial charge is 0.167 e. The molecule has 0 heterocycles. The normalized spacial score (nSPS) is 10.1. The lowest BCUT2D eigenvalue weighted by atomic mass is 10.0. The largest absolute Gasteiger partial charge is 0.309 e. The van der Waals surface area contributed by atoms with Crippen molar-refractivity contribution in [1.82, 2.24) is 4.90 Å². The van der Waals surface area contributed by atoms with Gasteiger partial charge in [0.15, 0.2) is 5.78 Å². The first kappa shape index (κ1) is 15.1. The Balaban J connectivity index is 0.00000225. The standard InChI is InChI=1S/C12H16FNO.ClH/c1-9-4-5-11(13)10(8-9)12(15)6-7-14(2)3;/h4-5,8H,6-7H2,1-3H3;1H. The molecule has 0 aliphatic rings. The van der Waals surface area contributed by atoms with Gasteiger partial charge in [-0.1, -0.05) is 11.6 Å². The Kier molecular flexibility index (Phi) is 6.22. The molecule has 1 aromatic carbocycles. The fourth-order valence-corrected chi connectivity index (χ4v) is 1.31. The molecule has 0 spiro atoms. The summed E-state index contributed by atoms with van der Waals surface area (Å²) in [6, 6.07) is 4.61. The van der Waals surface area contributed by atoms with Gasteiger partial charge in [0.1, 0.15) is 5.82 Å². The van der Waals surface area contributed by atoms with Gasteiger partial charge in [-0.25, -0.2) is 4.39 Å². The average Bonchev–Trinajstić information content (AvgIpc) is 2.18. The number of benzene rings is 1. The molecule has 2 nitrogen and oxygen atoms in total. The zero-order valence-corrected chi connectivity index (χ0v) is 10.6. The van der Waals surface area contributed by atoms with Gasteiger partial charge in [-0.2, -0.15) is 0 Å². The summed E-state index contributed by atoms with van der Waals surface area (Å²) < 4.78 is 13.3. The van der Waals surface area contributed by atoms with Crippen LogP contribution < -0.4 is 0 Å². The zero-order valence-electron chi connectivity index (χ0n) is 9.79. The number of aryl methyl sites for hydroxylation is 1. The number of nitrogens with zero attached hydrogens (tertiary/aromatic N) is 1. The summed E-state index contributed by atoms with van der Waals surface area (Å²) in [4.78, 5) is 13.6. The predicted molar refractivity (Wildman–Crippen MR) is 65.9 cm³/mol. The molecular weight excluding hydrogens is 229 g/mol. The van der Waals surface area contributed by atoms with Crippen LogP contribution in [0.5, 0.6) is 0 Å². The van der Waals surface area contributed by atoms with Crippen molar-refractivity contribution in [3.8, 4) is 0 Å². The second-order valence-corrected chi connectivity index (χ2v) is 3.96. The number of halogens is 2. The van der Waals surface area contributed by atoms with Gasteiger partial charge in [0.2, 0.25) is 0 Å². The molecule has 0 aliphatic heterocycles. The van der Waals surface area contributed by atoms with Gasteiger partial charge in [0.25, 0.3) is 0 Å². The number of hydrogen-bond acceptors (Lipinski definition) is 2. The van der Waals surface area contributed by atoms with Crippen LogP contribution in [-0.2, 0) is 0 Å². The highest BCUT2D eigenvalue weighted by molar-refractivity contribution is 5.96. The highest BCUT2D eigenvalue weighted by Gasteiger charge is 2.11. The summed E-state index contributed by atoms with van der Waals surface area (Å²) in [7, 11) is 3.78. The van der Waals surface area contributed by atoms with E-state index in [9.17, 15) is 9.18 Å². The maximum absolute atomic E-state index is 13.3. The second-order valence-electron chi connectivity index (χ2n) is 3.96. The molecule has 0 saturated heterocycles. The summed E-state index contributed by atoms with van der Waals surface area (Å²) in [5.74, 6) is -0.561. The number of carbonyl (C=O) groups is 1. The SMILES string of the molecule is Cc1ccc(F)c(C(=O)CCN(C)C)c1.Cl. The molecule has 0 unspecified atom stereocenters. The molecule has 0 N–H and O–H groups in total. The first-order chi connectivity index (χ1) is 7.00. The lowest BCUT2D eigenvalue weighted by molar-refractivity contribution is 0.0968. The van der Waals surface area contributed by atoms with Gasteiger partial charge in [-0.15, -0.1) is 12.4 Å². The van der Waals surface area contributed by atoms with Crippen molar-refractivity contribution in [3.05, 3.63) is 35.1 Å². The Hall–Kier alpha value is -0.930. The molecule has 0 amide bonds. The van der Waals surface area contributed by atoms with Gasteiger partial charge in [0.05, 0.1) is 5.56 Å². The predicted octanol–water partition coefficient (Wildman–Crippen LogP) is 2.69. The number of carbonyl (C=O) groups excluding carboxylic acids is 1. The van der Waals surface area contributed by atoms with Crippen LogP contribution in [0.15, 0.2) is 18.2 Å². The Morgan fingerprint density at radius 2 is 2.00 bits per heavy atom. The van der Waals surface area contributed by atoms with Gasteiger partial charge < -0.3 is 4.90 Å². The van der Waals surface area contributed by atoms with Crippen LogP contribution in [-0.4, -0.2) is 31.3 Å². The molecule has 4 heteroatoms. The van der Waals surface area contributed by atoms with Crippen molar-refractivity contribution in [2.24, 2.45) is 0 Å². The monoisotopic (exact) mass is 245 g/mol. The molecule has 1 rings (SSSR count). The lowest BCUT2D eigenvalue weighted by Crippen LogP contribution is -2.17. The van der Waals surface area contributed by atoms with Crippen molar-refractivity contribution in [1.29, 1.82) is 0 Å². The van der Waals surface area contributed by atoms with Gasteiger partial charge in [-0.05, 0) is 33.2 Å². The van der Waals surface area contributed by atoms with Crippen LogP contribution in [0.25, 0.3) is 0 Å². The van der Waals surface area contributed by atoms with E-state index in [1.807, 2.05) is 25.9 Å². The minimum Gasteiger partial charge on any atom is -0.309 e. The summed E-state index contributed by atoms with van der Waals surface area (Å²) in [6.45, 7) is 2.49. The third kappa shape index (κ3) is 4.29. The van der Waals surface area contributed by atoms with Crippen LogP contribution in [0.4, 0.5) is 4.39 Å². The van der Waals surface area contributed by atoms with E-state index in [2.05, 4.69) is 0 Å². The first-order valence-corrected chi connectivity index (χ1v) is 4.95. The highest BCUT2D eigenvalue weighted by atomic mass is 35.5. The Labute approximate surface area is 102 Å². The molecule has 0 aliphatic carbocycles. The van der Waals surface area contributed by atoms with E-state index in [1.165, 1.54) is 6.07 Å². The summed E-state index contributed by atoms with van der Waals surface area (Å²) in [5.41, 5.74) is 1.11. The third-order valence-corrected chi connectivity index (χ3v) is 2.21. The second kappa shape index (κ2) is 6.61. The van der Waals surface area contributed by atoms with Gasteiger partial charge in [0, 0.05) is 13.0 Å². The maximum atomic E-state index is 13.3. The Bertz CT molecular complexity index is 366. The molecular formula is C12H17ClFNO. The van der Waals surface area contributed by atoms with Crippen LogP contribution in [0.3, 0.4) is 0 Å². The van der Waals surface area contributed by atoms with E-state index in [1.54, 1.807) is 12.1 Å². The number of rotatable bonds is 4. The minimum absolute atomic E-state index is 0. The summed E-state index contributed by atoms with van der Waals surface area (Å²) in [6.07, 6.45) is 0.355. The molecule has 1 aromatic rings. The fourth-order valence-electron chi connectivity index (χ4n) is 1.31. The van der Waals surface area contributed by atoms with E-state index in [0.29, 0.717) is 13.0 Å². The Morgan fingerprint density at radius 3 is 2.56 bits per heavy atom. The van der Waals surface area contributed by atoms with E-state index < -0.39 is 5.82 Å². The maximum Gasteiger partial charge on any atom is 0.167 e. The van der Waals surface area contributed by atoms with Crippen molar-refractivity contribution < 1.29 is 9.18 Å². The molecule has 0 fully saturated rings. The number of Topliss-reactive ketones (excluding diaryl/α,β-unsaturated/α-hetero) is 1. The van der Waals surface area contributed by atoms with E-state index in [4.69, 9.17) is 0 Å². The van der Waals surface area contributed by atoms with Gasteiger partial charge in [-0.3, -0.25) is 4.79 Å². The quantitative estimate of drug-likeness (QED) is 0.761. The van der Waals surface area contributed by atoms with Crippen LogP contribution in [0.1, 0.15) is 22.3 Å². The lowest BCUT2D eigenvalue weighted by Gasteiger charge is -2.09. The van der Waals surface area contributed by atoms with Crippen LogP contribution in [0.2, 0.25) is 0 Å². The summed E-state index contributed by atoms with van der Waals surface area (Å²) in [5, 5.41) is 0. The van der Waals surface area contributed by atoms with Crippen molar-refractivity contribution in [2.45, 2.75) is 13.3 Å². The molecule has 0 bridgehead atoms. The third-order valence-electron chi connectivity index (χ3n) is 2.21. The van der Waals surface area contributed by atoms with Gasteiger partial charge >= 0.3 is 0 Å². The average molecular weight is 246 g/mol. The molecule has 16 heavy (non-hydrogen) atoms. The summed E-state index contributed by atoms with van der Waals surface area (Å²) >= 11 is 0. The van der Waals surface area contributed by atoms with Crippen molar-refractivity contribution >= 4 is 18.2 Å². The Morgan fingerprint density at radius 1 is 1.38 bits per heavy atom. The van der Waals surface area contributed by atoms with Crippen LogP contribution >= 0.6 is 12.4 Å². The van der Waals surface area contributed by atoms with E-state index in [-0.39, 0.29) is 23.8 Å². The number of ketones is 1. The zero-order chi connectivity index (χ0) is 11.4. The topological polar surface area (TPSA) is 20.3 Å². The van der Waals surface area contributed by atoms with Crippen molar-refractivity contribution in [2.75, 3.05) is 20.6 Å². The fraction of sp³-hybridized carbons (Fsp3) is 0.417. The van der Waals surface area contributed by atoms with E-state index in [0.717, 1.165) is 5.56 Å².